The van der Waals surface area contributed by atoms with Crippen molar-refractivity contribution in [3.05, 3.63) is 71.7 Å². The quantitative estimate of drug-likeness (QED) is 0.674. The van der Waals surface area contributed by atoms with Crippen LogP contribution in [0, 0.1) is 0 Å². The Morgan fingerprint density at radius 2 is 1.90 bits per heavy atom. The first-order valence-electron chi connectivity index (χ1n) is 8.86. The molecule has 0 saturated carbocycles. The number of nitrogens with one attached hydrogen (secondary N) is 1. The molecule has 152 valence electrons. The molecule has 3 aromatic rings. The molecule has 0 radical (unpaired) electrons. The normalized spacial score (nSPS) is 11.5. The highest BCUT2D eigenvalue weighted by Gasteiger charge is 2.33. The summed E-state index contributed by atoms with van der Waals surface area (Å²) in [5, 5.41) is 6.29. The third-order valence-electron chi connectivity index (χ3n) is 3.91. The molecule has 0 unspecified atom stereocenters. The van der Waals surface area contributed by atoms with Gasteiger partial charge in [-0.15, -0.1) is 0 Å². The number of nitrogens with zero attached hydrogens (tertiary/aromatic N) is 3. The molecule has 0 atom stereocenters. The number of pyridine rings is 1. The lowest BCUT2D eigenvalue weighted by atomic mass is 10.2. The zero-order chi connectivity index (χ0) is 21.0. The second-order valence-electron chi connectivity index (χ2n) is 6.51. The van der Waals surface area contributed by atoms with E-state index in [9.17, 15) is 18.0 Å². The summed E-state index contributed by atoms with van der Waals surface area (Å²) in [7, 11) is 0. The van der Waals surface area contributed by atoms with Crippen molar-refractivity contribution in [2.45, 2.75) is 32.7 Å². The number of hydrogen-bond acceptors (Lipinski definition) is 4. The third kappa shape index (κ3) is 5.13. The smallest absolute Gasteiger partial charge is 0.435 e. The van der Waals surface area contributed by atoms with E-state index in [1.54, 1.807) is 12.3 Å². The van der Waals surface area contributed by atoms with Crippen LogP contribution in [0.15, 0.2) is 54.9 Å². The van der Waals surface area contributed by atoms with Crippen LogP contribution in [0.1, 0.15) is 35.5 Å². The standard InChI is InChI=1S/C20H19F3N4O2/c1-13(2)29-19-15(4-3-10-24-19)12-25-18(28)14-5-7-16(8-6-14)27-11-9-17(26-27)20(21,22)23/h3-11,13H,12H2,1-2H3,(H,25,28). The molecule has 0 fully saturated rings. The Morgan fingerprint density at radius 3 is 2.52 bits per heavy atom. The minimum Gasteiger partial charge on any atom is -0.475 e. The van der Waals surface area contributed by atoms with E-state index >= 15 is 0 Å². The van der Waals surface area contributed by atoms with E-state index in [0.29, 0.717) is 17.1 Å². The SMILES string of the molecule is CC(C)Oc1ncccc1CNC(=O)c1ccc(-n2ccc(C(F)(F)F)n2)cc1. The summed E-state index contributed by atoms with van der Waals surface area (Å²) in [4.78, 5) is 16.6. The van der Waals surface area contributed by atoms with Gasteiger partial charge in [-0.1, -0.05) is 6.07 Å². The van der Waals surface area contributed by atoms with Gasteiger partial charge >= 0.3 is 6.18 Å². The van der Waals surface area contributed by atoms with Crippen LogP contribution >= 0.6 is 0 Å². The molecule has 0 bridgehead atoms. The zero-order valence-corrected chi connectivity index (χ0v) is 15.8. The lowest BCUT2D eigenvalue weighted by molar-refractivity contribution is -0.141. The molecule has 0 aliphatic carbocycles. The maximum atomic E-state index is 12.7. The molecular weight excluding hydrogens is 385 g/mol. The maximum Gasteiger partial charge on any atom is 0.435 e. The number of halogens is 3. The average Bonchev–Trinajstić information content (AvgIpc) is 3.17. The number of aromatic nitrogens is 3. The Balaban J connectivity index is 1.66. The van der Waals surface area contributed by atoms with Crippen LogP contribution < -0.4 is 10.1 Å². The van der Waals surface area contributed by atoms with Gasteiger partial charge in [0.25, 0.3) is 5.91 Å². The number of amides is 1. The second-order valence-corrected chi connectivity index (χ2v) is 6.51. The van der Waals surface area contributed by atoms with Gasteiger partial charge in [-0.05, 0) is 50.2 Å². The van der Waals surface area contributed by atoms with Crippen LogP contribution in [0.5, 0.6) is 5.88 Å². The largest absolute Gasteiger partial charge is 0.475 e. The van der Waals surface area contributed by atoms with Crippen LogP contribution in [0.3, 0.4) is 0 Å². The van der Waals surface area contributed by atoms with Gasteiger partial charge < -0.3 is 10.1 Å². The fourth-order valence-electron chi connectivity index (χ4n) is 2.55. The number of ether oxygens (including phenoxy) is 1. The van der Waals surface area contributed by atoms with E-state index in [2.05, 4.69) is 15.4 Å². The van der Waals surface area contributed by atoms with Crippen LogP contribution in [-0.4, -0.2) is 26.8 Å². The van der Waals surface area contributed by atoms with Crippen molar-refractivity contribution in [2.75, 3.05) is 0 Å². The highest BCUT2D eigenvalue weighted by Crippen LogP contribution is 2.27. The molecule has 29 heavy (non-hydrogen) atoms. The fourth-order valence-corrected chi connectivity index (χ4v) is 2.55. The van der Waals surface area contributed by atoms with Crippen molar-refractivity contribution in [3.63, 3.8) is 0 Å². The van der Waals surface area contributed by atoms with Gasteiger partial charge in [-0.25, -0.2) is 9.67 Å². The van der Waals surface area contributed by atoms with Gasteiger partial charge in [-0.2, -0.15) is 18.3 Å². The molecule has 0 aliphatic heterocycles. The summed E-state index contributed by atoms with van der Waals surface area (Å²) < 4.78 is 44.7. The number of rotatable bonds is 6. The predicted octanol–water partition coefficient (Wildman–Crippen LogP) is 4.00. The first-order valence-corrected chi connectivity index (χ1v) is 8.86. The first kappa shape index (κ1) is 20.4. The highest BCUT2D eigenvalue weighted by molar-refractivity contribution is 5.94. The Hall–Kier alpha value is -3.36. The van der Waals surface area contributed by atoms with Crippen molar-refractivity contribution in [2.24, 2.45) is 0 Å². The van der Waals surface area contributed by atoms with Crippen molar-refractivity contribution < 1.29 is 22.7 Å². The molecule has 1 aromatic carbocycles. The third-order valence-corrected chi connectivity index (χ3v) is 3.91. The summed E-state index contributed by atoms with van der Waals surface area (Å²) in [6.45, 7) is 4.00. The highest BCUT2D eigenvalue weighted by atomic mass is 19.4. The lowest BCUT2D eigenvalue weighted by Crippen LogP contribution is -2.23. The number of benzene rings is 1. The van der Waals surface area contributed by atoms with Crippen LogP contribution in [-0.2, 0) is 12.7 Å². The summed E-state index contributed by atoms with van der Waals surface area (Å²) in [6, 6.07) is 10.6. The molecule has 0 aliphatic rings. The topological polar surface area (TPSA) is 69.0 Å². The minimum absolute atomic E-state index is 0.0490. The first-order chi connectivity index (χ1) is 13.7. The number of alkyl halides is 3. The molecule has 2 aromatic heterocycles. The number of hydrogen-bond donors (Lipinski definition) is 1. The Morgan fingerprint density at radius 1 is 1.17 bits per heavy atom. The van der Waals surface area contributed by atoms with E-state index < -0.39 is 11.9 Å². The van der Waals surface area contributed by atoms with Crippen molar-refractivity contribution >= 4 is 5.91 Å². The summed E-state index contributed by atoms with van der Waals surface area (Å²) in [6.07, 6.45) is -1.72. The van der Waals surface area contributed by atoms with Crippen LogP contribution in [0.4, 0.5) is 13.2 Å². The van der Waals surface area contributed by atoms with Crippen LogP contribution in [0.2, 0.25) is 0 Å². The van der Waals surface area contributed by atoms with Gasteiger partial charge in [-0.3, -0.25) is 4.79 Å². The van der Waals surface area contributed by atoms with E-state index in [-0.39, 0.29) is 18.6 Å². The summed E-state index contributed by atoms with van der Waals surface area (Å²) >= 11 is 0. The summed E-state index contributed by atoms with van der Waals surface area (Å²) in [5.41, 5.74) is 0.543. The van der Waals surface area contributed by atoms with Crippen molar-refractivity contribution in [3.8, 4) is 11.6 Å². The number of carbonyl (C=O) groups is 1. The second kappa shape index (κ2) is 8.34. The van der Waals surface area contributed by atoms with Gasteiger partial charge in [0.1, 0.15) is 0 Å². The van der Waals surface area contributed by atoms with Gasteiger partial charge in [0.05, 0.1) is 11.8 Å². The monoisotopic (exact) mass is 404 g/mol. The molecule has 1 N–H and O–H groups in total. The molecule has 2 heterocycles. The fraction of sp³-hybridized carbons (Fsp3) is 0.250. The molecule has 1 amide bonds. The van der Waals surface area contributed by atoms with Crippen molar-refractivity contribution in [1.29, 1.82) is 0 Å². The zero-order valence-electron chi connectivity index (χ0n) is 15.8. The maximum absolute atomic E-state index is 12.7. The molecule has 9 heteroatoms. The lowest BCUT2D eigenvalue weighted by Gasteiger charge is -2.13. The predicted molar refractivity (Wildman–Crippen MR) is 99.7 cm³/mol. The Labute approximate surface area is 165 Å². The molecule has 3 rings (SSSR count). The van der Waals surface area contributed by atoms with E-state index in [0.717, 1.165) is 16.3 Å². The van der Waals surface area contributed by atoms with Gasteiger partial charge in [0.15, 0.2) is 5.69 Å². The van der Waals surface area contributed by atoms with Gasteiger partial charge in [0.2, 0.25) is 5.88 Å². The van der Waals surface area contributed by atoms with E-state index in [1.165, 1.54) is 30.5 Å². The van der Waals surface area contributed by atoms with E-state index in [4.69, 9.17) is 4.74 Å². The minimum atomic E-state index is -4.50. The Kier molecular flexibility index (Phi) is 5.86. The molecular formula is C20H19F3N4O2. The Bertz CT molecular complexity index is 982. The van der Waals surface area contributed by atoms with Crippen LogP contribution in [0.25, 0.3) is 5.69 Å². The van der Waals surface area contributed by atoms with E-state index in [1.807, 2.05) is 19.9 Å². The van der Waals surface area contributed by atoms with Gasteiger partial charge in [0, 0.05) is 30.1 Å². The average molecular weight is 404 g/mol. The van der Waals surface area contributed by atoms with Crippen molar-refractivity contribution in [1.82, 2.24) is 20.1 Å². The molecule has 0 saturated heterocycles. The summed E-state index contributed by atoms with van der Waals surface area (Å²) in [5.74, 6) is 0.129. The number of carbonyl (C=O) groups excluding carboxylic acids is 1. The molecule has 6 nitrogen and oxygen atoms in total. The molecule has 0 spiro atoms.